The standard InChI is InChI=1S/C22H22F3N5O3/c1-14(2)20-27-19(28-33-20)16-5-8-18(26-13-16)29-9-11-30(12-10-29)21(31)15-3-6-17(7-4-15)32-22(23,24)25/h3-8,13-14H,9-12H2,1-2H3. The molecule has 3 heterocycles. The van der Waals surface area contributed by atoms with Crippen LogP contribution in [0.15, 0.2) is 47.1 Å². The summed E-state index contributed by atoms with van der Waals surface area (Å²) < 4.78 is 45.9. The third kappa shape index (κ3) is 5.41. The summed E-state index contributed by atoms with van der Waals surface area (Å²) in [6, 6.07) is 8.68. The SMILES string of the molecule is CC(C)c1nc(-c2ccc(N3CCN(C(=O)c4ccc(OC(F)(F)F)cc4)CC3)nc2)no1. The number of carbonyl (C=O) groups excluding carboxylic acids is 1. The van der Waals surface area contributed by atoms with E-state index >= 15 is 0 Å². The van der Waals surface area contributed by atoms with E-state index in [4.69, 9.17) is 4.52 Å². The summed E-state index contributed by atoms with van der Waals surface area (Å²) in [5.74, 6) is 1.36. The lowest BCUT2D eigenvalue weighted by Gasteiger charge is -2.35. The van der Waals surface area contributed by atoms with Gasteiger partial charge in [0, 0.05) is 49.4 Å². The lowest BCUT2D eigenvalue weighted by atomic mass is 10.1. The van der Waals surface area contributed by atoms with E-state index < -0.39 is 6.36 Å². The third-order valence-corrected chi connectivity index (χ3v) is 5.17. The molecule has 1 aromatic carbocycles. The van der Waals surface area contributed by atoms with Crippen molar-refractivity contribution in [1.29, 1.82) is 0 Å². The van der Waals surface area contributed by atoms with E-state index in [1.807, 2.05) is 26.0 Å². The number of amides is 1. The van der Waals surface area contributed by atoms with Gasteiger partial charge in [0.1, 0.15) is 11.6 Å². The van der Waals surface area contributed by atoms with Crippen LogP contribution in [0, 0.1) is 0 Å². The fraction of sp³-hybridized carbons (Fsp3) is 0.364. The lowest BCUT2D eigenvalue weighted by molar-refractivity contribution is -0.274. The highest BCUT2D eigenvalue weighted by molar-refractivity contribution is 5.94. The van der Waals surface area contributed by atoms with Crippen LogP contribution in [0.5, 0.6) is 5.75 Å². The first-order chi connectivity index (χ1) is 15.7. The number of ether oxygens (including phenoxy) is 1. The predicted octanol–water partition coefficient (Wildman–Crippen LogP) is 4.12. The first-order valence-electron chi connectivity index (χ1n) is 10.4. The van der Waals surface area contributed by atoms with E-state index in [1.54, 1.807) is 11.1 Å². The van der Waals surface area contributed by atoms with E-state index in [1.165, 1.54) is 12.1 Å². The van der Waals surface area contributed by atoms with Crippen molar-refractivity contribution in [2.75, 3.05) is 31.1 Å². The zero-order chi connectivity index (χ0) is 23.6. The van der Waals surface area contributed by atoms with Crippen molar-refractivity contribution in [3.8, 4) is 17.1 Å². The maximum absolute atomic E-state index is 12.7. The molecule has 1 saturated heterocycles. The molecule has 0 bridgehead atoms. The normalized spacial score (nSPS) is 14.6. The van der Waals surface area contributed by atoms with Gasteiger partial charge in [-0.25, -0.2) is 4.98 Å². The molecule has 0 atom stereocenters. The molecule has 1 fully saturated rings. The van der Waals surface area contributed by atoms with Crippen molar-refractivity contribution in [3.05, 3.63) is 54.0 Å². The molecule has 0 radical (unpaired) electrons. The van der Waals surface area contributed by atoms with Crippen molar-refractivity contribution >= 4 is 11.7 Å². The molecule has 3 aromatic rings. The van der Waals surface area contributed by atoms with Gasteiger partial charge in [-0.1, -0.05) is 19.0 Å². The second kappa shape index (κ2) is 9.08. The lowest BCUT2D eigenvalue weighted by Crippen LogP contribution is -2.49. The van der Waals surface area contributed by atoms with Crippen LogP contribution in [0.1, 0.15) is 36.0 Å². The summed E-state index contributed by atoms with van der Waals surface area (Å²) in [6.45, 7) is 6.03. The number of nitrogens with zero attached hydrogens (tertiary/aromatic N) is 5. The van der Waals surface area contributed by atoms with Gasteiger partial charge in [0.25, 0.3) is 5.91 Å². The van der Waals surface area contributed by atoms with Crippen LogP contribution in [0.25, 0.3) is 11.4 Å². The Labute approximate surface area is 188 Å². The average Bonchev–Trinajstić information content (AvgIpc) is 3.29. The molecule has 1 aliphatic rings. The van der Waals surface area contributed by atoms with Gasteiger partial charge in [0.15, 0.2) is 0 Å². The van der Waals surface area contributed by atoms with Crippen LogP contribution in [-0.4, -0.2) is 58.5 Å². The summed E-state index contributed by atoms with van der Waals surface area (Å²) >= 11 is 0. The summed E-state index contributed by atoms with van der Waals surface area (Å²) in [5, 5.41) is 3.98. The molecule has 33 heavy (non-hydrogen) atoms. The molecular weight excluding hydrogens is 439 g/mol. The smallest absolute Gasteiger partial charge is 0.406 e. The number of rotatable bonds is 5. The molecule has 0 saturated carbocycles. The van der Waals surface area contributed by atoms with Crippen LogP contribution in [0.4, 0.5) is 19.0 Å². The second-order valence-corrected chi connectivity index (χ2v) is 7.87. The van der Waals surface area contributed by atoms with Crippen LogP contribution in [0.2, 0.25) is 0 Å². The zero-order valence-electron chi connectivity index (χ0n) is 18.0. The number of anilines is 1. The van der Waals surface area contributed by atoms with E-state index in [9.17, 15) is 18.0 Å². The minimum atomic E-state index is -4.77. The molecule has 174 valence electrons. The van der Waals surface area contributed by atoms with Crippen molar-refractivity contribution in [2.45, 2.75) is 26.1 Å². The van der Waals surface area contributed by atoms with Gasteiger partial charge >= 0.3 is 6.36 Å². The Balaban J connectivity index is 1.34. The molecule has 1 amide bonds. The summed E-state index contributed by atoms with van der Waals surface area (Å²) in [4.78, 5) is 25.3. The predicted molar refractivity (Wildman–Crippen MR) is 113 cm³/mol. The van der Waals surface area contributed by atoms with Crippen molar-refractivity contribution in [3.63, 3.8) is 0 Å². The number of pyridine rings is 1. The van der Waals surface area contributed by atoms with E-state index in [0.29, 0.717) is 43.5 Å². The zero-order valence-corrected chi connectivity index (χ0v) is 18.0. The van der Waals surface area contributed by atoms with Crippen molar-refractivity contribution < 1.29 is 27.2 Å². The highest BCUT2D eigenvalue weighted by Crippen LogP contribution is 2.24. The molecule has 8 nitrogen and oxygen atoms in total. The minimum absolute atomic E-state index is 0.142. The Kier molecular flexibility index (Phi) is 6.21. The first-order valence-corrected chi connectivity index (χ1v) is 10.4. The largest absolute Gasteiger partial charge is 0.573 e. The second-order valence-electron chi connectivity index (χ2n) is 7.87. The minimum Gasteiger partial charge on any atom is -0.406 e. The number of aromatic nitrogens is 3. The number of carbonyl (C=O) groups is 1. The van der Waals surface area contributed by atoms with Crippen LogP contribution < -0.4 is 9.64 Å². The van der Waals surface area contributed by atoms with Gasteiger partial charge in [-0.15, -0.1) is 13.2 Å². The topological polar surface area (TPSA) is 84.6 Å². The number of halogens is 3. The molecule has 4 rings (SSSR count). The van der Waals surface area contributed by atoms with E-state index in [-0.39, 0.29) is 17.6 Å². The van der Waals surface area contributed by atoms with E-state index in [2.05, 4.69) is 24.8 Å². The average molecular weight is 461 g/mol. The molecule has 2 aromatic heterocycles. The molecule has 0 unspecified atom stereocenters. The molecule has 1 aliphatic heterocycles. The number of hydrogen-bond acceptors (Lipinski definition) is 7. The molecule has 11 heteroatoms. The fourth-order valence-electron chi connectivity index (χ4n) is 3.41. The van der Waals surface area contributed by atoms with Gasteiger partial charge in [0.2, 0.25) is 11.7 Å². The van der Waals surface area contributed by atoms with Gasteiger partial charge < -0.3 is 19.1 Å². The van der Waals surface area contributed by atoms with E-state index in [0.717, 1.165) is 23.5 Å². The highest BCUT2D eigenvalue weighted by atomic mass is 19.4. The Bertz CT molecular complexity index is 1090. The number of piperazine rings is 1. The highest BCUT2D eigenvalue weighted by Gasteiger charge is 2.31. The van der Waals surface area contributed by atoms with Gasteiger partial charge in [-0.2, -0.15) is 4.98 Å². The number of alkyl halides is 3. The summed E-state index contributed by atoms with van der Waals surface area (Å²) in [6.07, 6.45) is -3.08. The Morgan fingerprint density at radius 1 is 1.06 bits per heavy atom. The molecule has 0 spiro atoms. The Hall–Kier alpha value is -3.63. The molecule has 0 aliphatic carbocycles. The third-order valence-electron chi connectivity index (χ3n) is 5.17. The fourth-order valence-corrected chi connectivity index (χ4v) is 3.41. The first kappa shape index (κ1) is 22.6. The number of benzene rings is 1. The van der Waals surface area contributed by atoms with Crippen molar-refractivity contribution in [2.24, 2.45) is 0 Å². The Morgan fingerprint density at radius 3 is 2.30 bits per heavy atom. The molecular formula is C22H22F3N5O3. The van der Waals surface area contributed by atoms with Gasteiger partial charge in [-0.3, -0.25) is 4.79 Å². The number of hydrogen-bond donors (Lipinski definition) is 0. The summed E-state index contributed by atoms with van der Waals surface area (Å²) in [7, 11) is 0. The van der Waals surface area contributed by atoms with Crippen LogP contribution in [0.3, 0.4) is 0 Å². The van der Waals surface area contributed by atoms with Crippen LogP contribution in [-0.2, 0) is 0 Å². The quantitative estimate of drug-likeness (QED) is 0.565. The maximum Gasteiger partial charge on any atom is 0.573 e. The van der Waals surface area contributed by atoms with Crippen molar-refractivity contribution in [1.82, 2.24) is 20.0 Å². The summed E-state index contributed by atoms with van der Waals surface area (Å²) in [5.41, 5.74) is 1.06. The van der Waals surface area contributed by atoms with Crippen LogP contribution >= 0.6 is 0 Å². The monoisotopic (exact) mass is 461 g/mol. The Morgan fingerprint density at radius 2 is 1.76 bits per heavy atom. The molecule has 0 N–H and O–H groups in total. The maximum atomic E-state index is 12.7. The van der Waals surface area contributed by atoms with Gasteiger partial charge in [0.05, 0.1) is 0 Å². The van der Waals surface area contributed by atoms with Gasteiger partial charge in [-0.05, 0) is 36.4 Å².